The molecule has 1 aromatic carbocycles. The van der Waals surface area contributed by atoms with Crippen LogP contribution in [0.5, 0.6) is 5.75 Å². The second kappa shape index (κ2) is 5.75. The van der Waals surface area contributed by atoms with Crippen LogP contribution in [0.1, 0.15) is 16.1 Å². The number of benzene rings is 1. The molecule has 20 heavy (non-hydrogen) atoms. The summed E-state index contributed by atoms with van der Waals surface area (Å²) in [6.07, 6.45) is 3.13. The van der Waals surface area contributed by atoms with Crippen molar-refractivity contribution in [2.75, 3.05) is 12.4 Å². The van der Waals surface area contributed by atoms with Crippen LogP contribution in [0.3, 0.4) is 0 Å². The topological polar surface area (TPSA) is 84.3 Å². The van der Waals surface area contributed by atoms with Gasteiger partial charge >= 0.3 is 5.97 Å². The van der Waals surface area contributed by atoms with Crippen molar-refractivity contribution < 1.29 is 14.6 Å². The molecule has 2 aromatic rings. The third-order valence-electron chi connectivity index (χ3n) is 2.65. The van der Waals surface area contributed by atoms with Crippen LogP contribution in [-0.2, 0) is 0 Å². The minimum atomic E-state index is -1.11. The number of hydrogen-bond acceptors (Lipinski definition) is 5. The van der Waals surface area contributed by atoms with Crippen LogP contribution in [-0.4, -0.2) is 28.2 Å². The Morgan fingerprint density at radius 3 is 2.65 bits per heavy atom. The molecule has 0 saturated heterocycles. The van der Waals surface area contributed by atoms with Crippen molar-refractivity contribution in [2.45, 2.75) is 6.92 Å². The molecule has 0 fully saturated rings. The molecule has 1 aromatic heterocycles. The minimum absolute atomic E-state index is 0.00100. The molecule has 0 radical (unpaired) electrons. The van der Waals surface area contributed by atoms with E-state index in [1.165, 1.54) is 19.2 Å². The summed E-state index contributed by atoms with van der Waals surface area (Å²) in [5.41, 5.74) is 1.20. The predicted octanol–water partition coefficient (Wildman–Crippen LogP) is 2.89. The zero-order valence-electron chi connectivity index (χ0n) is 10.8. The van der Waals surface area contributed by atoms with E-state index in [0.717, 1.165) is 0 Å². The lowest BCUT2D eigenvalue weighted by Gasteiger charge is -2.12. The molecule has 104 valence electrons. The maximum atomic E-state index is 11.1. The molecule has 0 bridgehead atoms. The highest BCUT2D eigenvalue weighted by Crippen LogP contribution is 2.32. The Kier molecular flexibility index (Phi) is 4.05. The molecule has 1 heterocycles. The number of aromatic carboxylic acids is 1. The first-order valence-corrected chi connectivity index (χ1v) is 6.06. The zero-order chi connectivity index (χ0) is 14.7. The van der Waals surface area contributed by atoms with Gasteiger partial charge < -0.3 is 15.2 Å². The molecule has 2 rings (SSSR count). The van der Waals surface area contributed by atoms with Gasteiger partial charge in [-0.1, -0.05) is 11.6 Å². The van der Waals surface area contributed by atoms with E-state index in [1.807, 2.05) is 0 Å². The molecule has 0 unspecified atom stereocenters. The van der Waals surface area contributed by atoms with Crippen LogP contribution >= 0.6 is 11.6 Å². The Morgan fingerprint density at radius 2 is 2.05 bits per heavy atom. The summed E-state index contributed by atoms with van der Waals surface area (Å²) in [7, 11) is 1.40. The molecule has 0 aliphatic rings. The van der Waals surface area contributed by atoms with Gasteiger partial charge in [0.2, 0.25) is 0 Å². The average molecular weight is 294 g/mol. The van der Waals surface area contributed by atoms with E-state index >= 15 is 0 Å². The van der Waals surface area contributed by atoms with Crippen LogP contribution in [0.15, 0.2) is 24.5 Å². The predicted molar refractivity (Wildman–Crippen MR) is 75.0 cm³/mol. The van der Waals surface area contributed by atoms with Crippen molar-refractivity contribution in [3.8, 4) is 5.75 Å². The number of rotatable bonds is 4. The highest BCUT2D eigenvalue weighted by atomic mass is 35.5. The molecule has 0 amide bonds. The van der Waals surface area contributed by atoms with E-state index in [4.69, 9.17) is 21.4 Å². The fraction of sp³-hybridized carbons (Fsp3) is 0.154. The van der Waals surface area contributed by atoms with Crippen molar-refractivity contribution >= 4 is 29.1 Å². The molecule has 0 aliphatic heterocycles. The van der Waals surface area contributed by atoms with Crippen molar-refractivity contribution in [1.82, 2.24) is 9.97 Å². The monoisotopic (exact) mass is 293 g/mol. The lowest BCUT2D eigenvalue weighted by atomic mass is 10.1. The van der Waals surface area contributed by atoms with Gasteiger partial charge in [-0.3, -0.25) is 4.98 Å². The number of aryl methyl sites for hydroxylation is 1. The number of nitrogens with one attached hydrogen (secondary N) is 1. The summed E-state index contributed by atoms with van der Waals surface area (Å²) < 4.78 is 5.05. The first kappa shape index (κ1) is 14.1. The smallest absolute Gasteiger partial charge is 0.339 e. The summed E-state index contributed by atoms with van der Waals surface area (Å²) in [6, 6.07) is 2.84. The van der Waals surface area contributed by atoms with Crippen LogP contribution in [0.4, 0.5) is 11.5 Å². The van der Waals surface area contributed by atoms with Crippen molar-refractivity contribution in [3.05, 3.63) is 40.8 Å². The molecular weight excluding hydrogens is 282 g/mol. The Hall–Kier alpha value is -2.34. The average Bonchev–Trinajstić information content (AvgIpc) is 2.42. The van der Waals surface area contributed by atoms with Crippen LogP contribution in [0, 0.1) is 6.92 Å². The van der Waals surface area contributed by atoms with Gasteiger partial charge in [0.05, 0.1) is 23.5 Å². The van der Waals surface area contributed by atoms with Gasteiger partial charge in [-0.15, -0.1) is 0 Å². The summed E-state index contributed by atoms with van der Waals surface area (Å²) in [4.78, 5) is 19.3. The molecule has 2 N–H and O–H groups in total. The Bertz CT molecular complexity index is 661. The van der Waals surface area contributed by atoms with Gasteiger partial charge in [-0.25, -0.2) is 9.78 Å². The number of carboxylic acid groups (broad SMARTS) is 1. The van der Waals surface area contributed by atoms with Crippen LogP contribution < -0.4 is 10.1 Å². The maximum absolute atomic E-state index is 11.1. The molecule has 0 saturated carbocycles. The van der Waals surface area contributed by atoms with E-state index in [2.05, 4.69) is 15.3 Å². The first-order valence-electron chi connectivity index (χ1n) is 5.68. The summed E-state index contributed by atoms with van der Waals surface area (Å²) in [5.74, 6) is -0.351. The maximum Gasteiger partial charge on any atom is 0.339 e. The molecule has 0 aliphatic carbocycles. The highest BCUT2D eigenvalue weighted by Gasteiger charge is 2.15. The third-order valence-corrected chi connectivity index (χ3v) is 2.97. The third kappa shape index (κ3) is 2.80. The quantitative estimate of drug-likeness (QED) is 0.901. The number of ether oxygens (including phenoxy) is 1. The van der Waals surface area contributed by atoms with Gasteiger partial charge in [0, 0.05) is 18.5 Å². The van der Waals surface area contributed by atoms with Crippen molar-refractivity contribution in [3.63, 3.8) is 0 Å². The van der Waals surface area contributed by atoms with Gasteiger partial charge in [-0.05, 0) is 13.0 Å². The molecular formula is C13H12ClN3O3. The van der Waals surface area contributed by atoms with Gasteiger partial charge in [0.15, 0.2) is 5.82 Å². The Labute approximate surface area is 120 Å². The Balaban J connectivity index is 2.43. The summed E-state index contributed by atoms with van der Waals surface area (Å²) in [6.45, 7) is 1.80. The summed E-state index contributed by atoms with van der Waals surface area (Å²) in [5, 5.41) is 12.3. The van der Waals surface area contributed by atoms with E-state index in [-0.39, 0.29) is 16.3 Å². The van der Waals surface area contributed by atoms with Crippen molar-refractivity contribution in [2.24, 2.45) is 0 Å². The largest absolute Gasteiger partial charge is 0.496 e. The van der Waals surface area contributed by atoms with E-state index in [0.29, 0.717) is 17.2 Å². The lowest BCUT2D eigenvalue weighted by Crippen LogP contribution is -2.03. The number of methoxy groups -OCH3 is 1. The van der Waals surface area contributed by atoms with E-state index < -0.39 is 5.97 Å². The number of anilines is 2. The molecule has 0 spiro atoms. The number of carboxylic acids is 1. The number of nitrogens with zero attached hydrogens (tertiary/aromatic N) is 2. The normalized spacial score (nSPS) is 10.2. The van der Waals surface area contributed by atoms with Gasteiger partial charge in [0.1, 0.15) is 11.3 Å². The second-order valence-corrected chi connectivity index (χ2v) is 4.36. The second-order valence-electron chi connectivity index (χ2n) is 3.95. The van der Waals surface area contributed by atoms with Crippen molar-refractivity contribution in [1.29, 1.82) is 0 Å². The van der Waals surface area contributed by atoms with E-state index in [9.17, 15) is 4.79 Å². The fourth-order valence-electron chi connectivity index (χ4n) is 1.64. The van der Waals surface area contributed by atoms with Gasteiger partial charge in [0.25, 0.3) is 0 Å². The van der Waals surface area contributed by atoms with Gasteiger partial charge in [-0.2, -0.15) is 0 Å². The fourth-order valence-corrected chi connectivity index (χ4v) is 1.85. The number of halogens is 1. The molecule has 7 heteroatoms. The highest BCUT2D eigenvalue weighted by molar-refractivity contribution is 6.33. The first-order chi connectivity index (χ1) is 9.52. The van der Waals surface area contributed by atoms with Crippen LogP contribution in [0.25, 0.3) is 0 Å². The van der Waals surface area contributed by atoms with Crippen LogP contribution in [0.2, 0.25) is 5.02 Å². The van der Waals surface area contributed by atoms with E-state index in [1.54, 1.807) is 19.3 Å². The minimum Gasteiger partial charge on any atom is -0.496 e. The number of carbonyl (C=O) groups is 1. The summed E-state index contributed by atoms with van der Waals surface area (Å²) >= 11 is 6.08. The SMILES string of the molecule is COc1cc(Nc2nccnc2C)c(Cl)cc1C(=O)O. The number of aromatic nitrogens is 2. The Morgan fingerprint density at radius 1 is 1.35 bits per heavy atom. The number of hydrogen-bond donors (Lipinski definition) is 2. The zero-order valence-corrected chi connectivity index (χ0v) is 11.6. The molecule has 6 nitrogen and oxygen atoms in total. The molecule has 0 atom stereocenters. The lowest BCUT2D eigenvalue weighted by molar-refractivity contribution is 0.0693. The standard InChI is InChI=1S/C13H12ClN3O3/c1-7-12(16-4-3-15-7)17-10-6-11(20-2)8(13(18)19)5-9(10)14/h3-6H,1-2H3,(H,16,17)(H,18,19).